The molecule has 0 saturated carbocycles. The molecule has 320 valence electrons. The largest absolute Gasteiger partial charge is 0.453 e. The number of likely N-dealkylation sites (tertiary alicyclic amines) is 2. The van der Waals surface area contributed by atoms with Crippen LogP contribution in [0.5, 0.6) is 0 Å². The van der Waals surface area contributed by atoms with E-state index in [0.29, 0.717) is 39.1 Å². The molecule has 3 unspecified atom stereocenters. The van der Waals surface area contributed by atoms with E-state index >= 15 is 0 Å². The average molecular weight is 835 g/mol. The standard InChI is InChI=1S/C49H54N8O5/c1-55(2)44(34-9-5-4-6-10-34)48(59)57-24-8-12-42(57)46-51-30-40(53-46)38-20-19-36-27-35(17-18-37(36)28-38)31-13-15-32(16-14-31)39-29-50-45(52-39)41-11-7-23-56(41)47(58)43(54-49(60)61-3)33-21-25-62-26-22-33/h4-6,9-10,13-20,27-30,33,41-44H,7-8,11-12,21-26H2,1-3H3,(H,50,52)(H,51,53)(H,54,60)/t41?,42?,43-,44?/m0/s1. The Morgan fingerprint density at radius 2 is 1.26 bits per heavy atom. The molecular weight excluding hydrogens is 781 g/mol. The Kier molecular flexibility index (Phi) is 11.9. The number of fused-ring (bicyclic) bond motifs is 1. The van der Waals surface area contributed by atoms with E-state index in [0.717, 1.165) is 87.3 Å². The number of aromatic nitrogens is 4. The lowest BCUT2D eigenvalue weighted by atomic mass is 9.90. The molecule has 0 spiro atoms. The second-order valence-electron chi connectivity index (χ2n) is 16.9. The topological polar surface area (TPSA) is 149 Å². The number of aromatic amines is 2. The van der Waals surface area contributed by atoms with Crippen molar-refractivity contribution in [2.24, 2.45) is 5.92 Å². The number of benzene rings is 4. The maximum atomic E-state index is 14.0. The van der Waals surface area contributed by atoms with Crippen LogP contribution in [0.15, 0.2) is 103 Å². The first kappa shape index (κ1) is 41.1. The number of rotatable bonds is 11. The highest BCUT2D eigenvalue weighted by Gasteiger charge is 2.40. The van der Waals surface area contributed by atoms with E-state index in [1.165, 1.54) is 7.11 Å². The predicted molar refractivity (Wildman–Crippen MR) is 238 cm³/mol. The molecule has 0 aliphatic carbocycles. The molecule has 3 N–H and O–H groups in total. The number of likely N-dealkylation sites (N-methyl/N-ethyl adjacent to an activating group) is 1. The van der Waals surface area contributed by atoms with Gasteiger partial charge in [0.05, 0.1) is 43.0 Å². The van der Waals surface area contributed by atoms with Gasteiger partial charge in [-0.2, -0.15) is 0 Å². The van der Waals surface area contributed by atoms with Crippen LogP contribution in [-0.2, 0) is 19.1 Å². The van der Waals surface area contributed by atoms with E-state index in [-0.39, 0.29) is 35.9 Å². The number of carbonyl (C=O) groups is 3. The highest BCUT2D eigenvalue weighted by atomic mass is 16.5. The minimum Gasteiger partial charge on any atom is -0.453 e. The molecular formula is C49H54N8O5. The van der Waals surface area contributed by atoms with Crippen molar-refractivity contribution in [1.82, 2.24) is 40.0 Å². The zero-order valence-electron chi connectivity index (χ0n) is 35.6. The number of nitrogens with zero attached hydrogens (tertiary/aromatic N) is 5. The lowest BCUT2D eigenvalue weighted by Gasteiger charge is -2.34. The Morgan fingerprint density at radius 1 is 0.710 bits per heavy atom. The average Bonchev–Trinajstić information content (AvgIpc) is 4.16. The van der Waals surface area contributed by atoms with Gasteiger partial charge in [0.2, 0.25) is 11.8 Å². The monoisotopic (exact) mass is 834 g/mol. The molecule has 4 atom stereocenters. The van der Waals surface area contributed by atoms with E-state index in [1.54, 1.807) is 0 Å². The van der Waals surface area contributed by atoms with Crippen molar-refractivity contribution < 1.29 is 23.9 Å². The van der Waals surface area contributed by atoms with Crippen LogP contribution in [0, 0.1) is 5.92 Å². The molecule has 13 nitrogen and oxygen atoms in total. The van der Waals surface area contributed by atoms with Gasteiger partial charge in [-0.1, -0.05) is 78.9 Å². The number of imidazole rings is 2. The molecule has 3 fully saturated rings. The van der Waals surface area contributed by atoms with Crippen molar-refractivity contribution in [3.8, 4) is 33.6 Å². The normalized spacial score (nSPS) is 19.2. The summed E-state index contributed by atoms with van der Waals surface area (Å²) < 4.78 is 10.4. The number of hydrogen-bond donors (Lipinski definition) is 3. The summed E-state index contributed by atoms with van der Waals surface area (Å²) in [6.07, 6.45) is 7.97. The molecule has 4 aromatic carbocycles. The van der Waals surface area contributed by atoms with Crippen molar-refractivity contribution in [1.29, 1.82) is 0 Å². The summed E-state index contributed by atoms with van der Waals surface area (Å²) in [7, 11) is 5.23. The summed E-state index contributed by atoms with van der Waals surface area (Å²) in [5.41, 5.74) is 7.05. The lowest BCUT2D eigenvalue weighted by molar-refractivity contribution is -0.138. The van der Waals surface area contributed by atoms with Crippen LogP contribution in [0.25, 0.3) is 44.4 Å². The molecule has 13 heteroatoms. The first-order chi connectivity index (χ1) is 30.2. The molecule has 3 amide bonds. The second kappa shape index (κ2) is 18.0. The number of nitrogens with one attached hydrogen (secondary N) is 3. The first-order valence-electron chi connectivity index (χ1n) is 21.7. The highest BCUT2D eigenvalue weighted by Crippen LogP contribution is 2.37. The molecule has 3 saturated heterocycles. The highest BCUT2D eigenvalue weighted by molar-refractivity contribution is 5.91. The van der Waals surface area contributed by atoms with Gasteiger partial charge >= 0.3 is 6.09 Å². The maximum Gasteiger partial charge on any atom is 0.407 e. The Hall–Kier alpha value is -6.31. The van der Waals surface area contributed by atoms with Crippen molar-refractivity contribution >= 4 is 28.7 Å². The first-order valence-corrected chi connectivity index (χ1v) is 21.7. The zero-order valence-corrected chi connectivity index (χ0v) is 35.6. The van der Waals surface area contributed by atoms with Crippen LogP contribution in [0.4, 0.5) is 4.79 Å². The number of H-pyrrole nitrogens is 2. The number of amides is 3. The summed E-state index contributed by atoms with van der Waals surface area (Å²) in [5, 5.41) is 5.08. The van der Waals surface area contributed by atoms with E-state index in [1.807, 2.05) is 71.5 Å². The number of alkyl carbamates (subject to hydrolysis) is 1. The molecule has 9 rings (SSSR count). The molecule has 62 heavy (non-hydrogen) atoms. The fourth-order valence-electron chi connectivity index (χ4n) is 9.62. The number of hydrogen-bond acceptors (Lipinski definition) is 8. The van der Waals surface area contributed by atoms with Gasteiger partial charge in [0.25, 0.3) is 0 Å². The summed E-state index contributed by atoms with van der Waals surface area (Å²) in [6.45, 7) is 2.44. The fourth-order valence-corrected chi connectivity index (χ4v) is 9.62. The van der Waals surface area contributed by atoms with Crippen LogP contribution < -0.4 is 5.32 Å². The number of ether oxygens (including phenoxy) is 2. The van der Waals surface area contributed by atoms with Crippen molar-refractivity contribution in [3.05, 3.63) is 121 Å². The summed E-state index contributed by atoms with van der Waals surface area (Å²) in [4.78, 5) is 62.7. The van der Waals surface area contributed by atoms with Gasteiger partial charge in [-0.25, -0.2) is 14.8 Å². The molecule has 6 aromatic rings. The van der Waals surface area contributed by atoms with Gasteiger partial charge in [-0.05, 0) is 104 Å². The maximum absolute atomic E-state index is 14.0. The van der Waals surface area contributed by atoms with Crippen molar-refractivity contribution in [2.45, 2.75) is 62.7 Å². The van der Waals surface area contributed by atoms with E-state index in [2.05, 4.69) is 75.9 Å². The third kappa shape index (κ3) is 8.34. The van der Waals surface area contributed by atoms with Gasteiger partial charge in [-0.3, -0.25) is 14.5 Å². The molecule has 3 aliphatic heterocycles. The SMILES string of the molecule is COC(=O)N[C@H](C(=O)N1CCCC1c1ncc(-c2ccc(-c3ccc4cc(-c5cnc(C6CCCN6C(=O)C(c6ccccc6)N(C)C)[nH]5)ccc4c3)cc2)[nH]1)C1CCOCC1. The number of carbonyl (C=O) groups excluding carboxylic acids is 3. The Bertz CT molecular complexity index is 2530. The smallest absolute Gasteiger partial charge is 0.407 e. The Morgan fingerprint density at radius 3 is 1.87 bits per heavy atom. The number of methoxy groups -OCH3 is 1. The van der Waals surface area contributed by atoms with Crippen LogP contribution in [-0.4, -0.2) is 106 Å². The quantitative estimate of drug-likeness (QED) is 0.119. The lowest BCUT2D eigenvalue weighted by Crippen LogP contribution is -2.53. The van der Waals surface area contributed by atoms with Gasteiger partial charge in [0, 0.05) is 31.9 Å². The molecule has 2 aromatic heterocycles. The zero-order chi connectivity index (χ0) is 42.7. The summed E-state index contributed by atoms with van der Waals surface area (Å²) in [6, 6.07) is 30.1. The summed E-state index contributed by atoms with van der Waals surface area (Å²) >= 11 is 0. The molecule has 0 bridgehead atoms. The minimum absolute atomic E-state index is 0.0193. The Balaban J connectivity index is 0.870. The van der Waals surface area contributed by atoms with Crippen LogP contribution in [0.3, 0.4) is 0 Å². The van der Waals surface area contributed by atoms with Crippen LogP contribution in [0.2, 0.25) is 0 Å². The van der Waals surface area contributed by atoms with Gasteiger partial charge in [0.1, 0.15) is 23.7 Å². The predicted octanol–water partition coefficient (Wildman–Crippen LogP) is 8.07. The minimum atomic E-state index is -0.675. The van der Waals surface area contributed by atoms with Crippen molar-refractivity contribution in [3.63, 3.8) is 0 Å². The molecule has 0 radical (unpaired) electrons. The van der Waals surface area contributed by atoms with Gasteiger partial charge in [-0.15, -0.1) is 0 Å². The van der Waals surface area contributed by atoms with E-state index in [9.17, 15) is 14.4 Å². The second-order valence-corrected chi connectivity index (χ2v) is 16.9. The van der Waals surface area contributed by atoms with E-state index < -0.39 is 12.1 Å². The van der Waals surface area contributed by atoms with Crippen LogP contribution in [0.1, 0.15) is 73.9 Å². The molecule has 5 heterocycles. The third-order valence-corrected chi connectivity index (χ3v) is 12.9. The molecule has 3 aliphatic rings. The summed E-state index contributed by atoms with van der Waals surface area (Å²) in [5.74, 6) is 1.54. The Labute approximate surface area is 361 Å². The third-order valence-electron chi connectivity index (χ3n) is 12.9. The van der Waals surface area contributed by atoms with Crippen molar-refractivity contribution in [2.75, 3.05) is 47.5 Å². The van der Waals surface area contributed by atoms with Crippen LogP contribution >= 0.6 is 0 Å². The van der Waals surface area contributed by atoms with E-state index in [4.69, 9.17) is 19.4 Å². The van der Waals surface area contributed by atoms with Gasteiger partial charge < -0.3 is 34.6 Å². The fraction of sp³-hybridized carbons (Fsp3) is 0.367. The van der Waals surface area contributed by atoms with Gasteiger partial charge in [0.15, 0.2) is 0 Å².